The first-order chi connectivity index (χ1) is 20.1. The Balaban J connectivity index is 0. The molecule has 0 radical (unpaired) electrons. The van der Waals surface area contributed by atoms with Crippen LogP contribution in [-0.2, 0) is 28.2 Å². The molecule has 0 rings (SSSR count). The number of phosphoric acid groups is 1. The van der Waals surface area contributed by atoms with Crippen LogP contribution in [0.25, 0.3) is 0 Å². The molecule has 9 nitrogen and oxygen atoms in total. The minimum Gasteiger partial charge on any atom is -0.756 e. The monoisotopic (exact) mass is 633 g/mol. The molecular weight excluding hydrogens is 569 g/mol. The first-order valence-electron chi connectivity index (χ1n) is 16.3. The predicted octanol–water partition coefficient (Wildman–Crippen LogP) is 7.42. The largest absolute Gasteiger partial charge is 0.756 e. The van der Waals surface area contributed by atoms with Crippen LogP contribution in [0.2, 0.25) is 0 Å². The molecule has 1 N–H and O–H groups in total. The number of carbonyl (C=O) groups is 2. The van der Waals surface area contributed by atoms with Crippen LogP contribution < -0.4 is 4.89 Å². The summed E-state index contributed by atoms with van der Waals surface area (Å²) in [5.74, 6) is -0.797. The maximum atomic E-state index is 11.2. The molecule has 0 heterocycles. The van der Waals surface area contributed by atoms with Crippen molar-refractivity contribution < 1.29 is 42.4 Å². The average molecular weight is 634 g/mol. The van der Waals surface area contributed by atoms with E-state index in [0.29, 0.717) is 23.2 Å². The van der Waals surface area contributed by atoms with Gasteiger partial charge >= 0.3 is 11.9 Å². The quantitative estimate of drug-likeness (QED) is 0.0343. The zero-order valence-corrected chi connectivity index (χ0v) is 29.2. The zero-order chi connectivity index (χ0) is 33.2. The number of likely N-dealkylation sites (N-methyl/N-ethyl adjacent to an activating group) is 1. The van der Waals surface area contributed by atoms with E-state index in [9.17, 15) is 19.0 Å². The van der Waals surface area contributed by atoms with E-state index in [4.69, 9.17) is 14.4 Å². The van der Waals surface area contributed by atoms with E-state index in [1.54, 1.807) is 6.92 Å². The molecule has 0 spiro atoms. The number of quaternary nitrogens is 1. The van der Waals surface area contributed by atoms with Gasteiger partial charge < -0.3 is 28.3 Å². The first kappa shape index (κ1) is 43.6. The molecule has 0 fully saturated rings. The van der Waals surface area contributed by atoms with Gasteiger partial charge in [-0.2, -0.15) is 0 Å². The second-order valence-electron chi connectivity index (χ2n) is 12.6. The number of hydrogen-bond donors (Lipinski definition) is 1. The highest BCUT2D eigenvalue weighted by Gasteiger charge is 2.23. The molecule has 43 heavy (non-hydrogen) atoms. The van der Waals surface area contributed by atoms with Crippen molar-refractivity contribution in [3.05, 3.63) is 24.3 Å². The SMILES string of the molecule is C=C(C)C(=O)OCCC(C[N+](C)(C)C)OP(=O)([O-])O.C=C(C)C(=O)OCCCCCCCCCCCCCCCCCC. The van der Waals surface area contributed by atoms with Gasteiger partial charge in [0.15, 0.2) is 0 Å². The lowest BCUT2D eigenvalue weighted by molar-refractivity contribution is -0.873. The van der Waals surface area contributed by atoms with E-state index in [2.05, 4.69) is 24.6 Å². The van der Waals surface area contributed by atoms with Gasteiger partial charge in [-0.15, -0.1) is 0 Å². The van der Waals surface area contributed by atoms with Crippen molar-refractivity contribution in [2.75, 3.05) is 40.9 Å². The fraction of sp³-hybridized carbons (Fsp3) is 0.818. The Morgan fingerprint density at radius 1 is 0.721 bits per heavy atom. The van der Waals surface area contributed by atoms with Gasteiger partial charge in [-0.1, -0.05) is 116 Å². The molecular formula is C33H64NO8P. The van der Waals surface area contributed by atoms with E-state index in [0.717, 1.165) is 6.42 Å². The van der Waals surface area contributed by atoms with Crippen LogP contribution in [0.15, 0.2) is 24.3 Å². The van der Waals surface area contributed by atoms with Crippen LogP contribution >= 0.6 is 7.82 Å². The third kappa shape index (κ3) is 34.8. The van der Waals surface area contributed by atoms with Crippen LogP contribution in [0.1, 0.15) is 130 Å². The summed E-state index contributed by atoms with van der Waals surface area (Å²) in [5, 5.41) is 0. The molecule has 0 bridgehead atoms. The number of carbonyl (C=O) groups excluding carboxylic acids is 2. The van der Waals surface area contributed by atoms with E-state index in [-0.39, 0.29) is 24.6 Å². The van der Waals surface area contributed by atoms with E-state index in [1.165, 1.54) is 103 Å². The summed E-state index contributed by atoms with van der Waals surface area (Å²) >= 11 is 0. The Kier molecular flexibility index (Phi) is 27.2. The maximum Gasteiger partial charge on any atom is 0.333 e. The fourth-order valence-corrected chi connectivity index (χ4v) is 4.87. The van der Waals surface area contributed by atoms with Crippen molar-refractivity contribution in [1.82, 2.24) is 0 Å². The van der Waals surface area contributed by atoms with Gasteiger partial charge in [0.05, 0.1) is 34.4 Å². The number of hydrogen-bond acceptors (Lipinski definition) is 7. The van der Waals surface area contributed by atoms with Gasteiger partial charge in [0.1, 0.15) is 12.6 Å². The topological polar surface area (TPSA) is 122 Å². The minimum atomic E-state index is -4.81. The molecule has 2 atom stereocenters. The third-order valence-corrected chi connectivity index (χ3v) is 7.20. The summed E-state index contributed by atoms with van der Waals surface area (Å²) in [6.07, 6.45) is 21.1. The summed E-state index contributed by atoms with van der Waals surface area (Å²) in [5.41, 5.74) is 0.757. The van der Waals surface area contributed by atoms with Crippen molar-refractivity contribution >= 4 is 19.8 Å². The van der Waals surface area contributed by atoms with Gasteiger partial charge in [-0.3, -0.25) is 4.57 Å². The molecule has 0 amide bonds. The predicted molar refractivity (Wildman–Crippen MR) is 173 cm³/mol. The molecule has 0 saturated carbocycles. The highest BCUT2D eigenvalue weighted by Crippen LogP contribution is 2.33. The Labute approximate surface area is 263 Å². The Morgan fingerprint density at radius 3 is 1.40 bits per heavy atom. The van der Waals surface area contributed by atoms with Gasteiger partial charge in [-0.25, -0.2) is 9.59 Å². The Bertz CT molecular complexity index is 803. The molecule has 10 heteroatoms. The smallest absolute Gasteiger partial charge is 0.333 e. The summed E-state index contributed by atoms with van der Waals surface area (Å²) in [4.78, 5) is 41.8. The normalized spacial score (nSPS) is 13.3. The lowest BCUT2D eigenvalue weighted by Crippen LogP contribution is -2.42. The first-order valence-corrected chi connectivity index (χ1v) is 17.8. The van der Waals surface area contributed by atoms with Gasteiger partial charge in [0.25, 0.3) is 7.82 Å². The van der Waals surface area contributed by atoms with Crippen LogP contribution in [-0.4, -0.2) is 68.3 Å². The van der Waals surface area contributed by atoms with Crippen LogP contribution in [0, 0.1) is 0 Å². The summed E-state index contributed by atoms with van der Waals surface area (Å²) < 4.78 is 25.7. The third-order valence-electron chi connectivity index (χ3n) is 6.63. The van der Waals surface area contributed by atoms with Crippen molar-refractivity contribution in [1.29, 1.82) is 0 Å². The lowest BCUT2D eigenvalue weighted by atomic mass is 10.0. The van der Waals surface area contributed by atoms with E-state index in [1.807, 2.05) is 21.1 Å². The second-order valence-corrected chi connectivity index (χ2v) is 13.7. The summed E-state index contributed by atoms with van der Waals surface area (Å²) in [6.45, 7) is 13.4. The highest BCUT2D eigenvalue weighted by atomic mass is 31.2. The van der Waals surface area contributed by atoms with E-state index >= 15 is 0 Å². The van der Waals surface area contributed by atoms with E-state index < -0.39 is 19.9 Å². The molecule has 254 valence electrons. The molecule has 0 aromatic rings. The number of ether oxygens (including phenoxy) is 2. The van der Waals surface area contributed by atoms with Gasteiger partial charge in [0.2, 0.25) is 0 Å². The van der Waals surface area contributed by atoms with Crippen molar-refractivity contribution in [3.63, 3.8) is 0 Å². The number of unbranched alkanes of at least 4 members (excludes halogenated alkanes) is 15. The molecule has 0 saturated heterocycles. The van der Waals surface area contributed by atoms with Crippen molar-refractivity contribution in [2.45, 2.75) is 136 Å². The summed E-state index contributed by atoms with van der Waals surface area (Å²) in [6, 6.07) is 0. The van der Waals surface area contributed by atoms with Crippen LogP contribution in [0.3, 0.4) is 0 Å². The van der Waals surface area contributed by atoms with Gasteiger partial charge in [-0.05, 0) is 20.3 Å². The Hall–Kier alpha value is -1.51. The van der Waals surface area contributed by atoms with Crippen LogP contribution in [0.4, 0.5) is 0 Å². The van der Waals surface area contributed by atoms with Crippen molar-refractivity contribution in [2.24, 2.45) is 0 Å². The Morgan fingerprint density at radius 2 is 1.07 bits per heavy atom. The molecule has 0 aromatic heterocycles. The molecule has 2 unspecified atom stereocenters. The lowest BCUT2D eigenvalue weighted by Gasteiger charge is -2.31. The number of nitrogens with zero attached hydrogens (tertiary/aromatic N) is 1. The molecule has 0 aromatic carbocycles. The summed E-state index contributed by atoms with van der Waals surface area (Å²) in [7, 11) is 0.743. The zero-order valence-electron chi connectivity index (χ0n) is 28.3. The van der Waals surface area contributed by atoms with Crippen molar-refractivity contribution in [3.8, 4) is 0 Å². The highest BCUT2D eigenvalue weighted by molar-refractivity contribution is 7.44. The minimum absolute atomic E-state index is 0.00361. The standard InChI is InChI=1S/C22H42O2.C11H22NO6P/c1-4-5-6-7-8-9-10-11-12-13-14-15-16-17-18-19-20-24-22(23)21(2)3;1-9(2)11(13)17-7-6-10(8-12(3,4)5)18-19(14,15)16/h2,4-20H2,1,3H3;10H,1,6-8H2,2-5H3,(H-,14,15,16). The molecule has 0 aliphatic rings. The number of phosphoric ester groups is 1. The maximum absolute atomic E-state index is 11.2. The second kappa shape index (κ2) is 26.9. The number of esters is 2. The molecule has 0 aliphatic heterocycles. The number of rotatable bonds is 26. The van der Waals surface area contributed by atoms with Crippen LogP contribution in [0.5, 0.6) is 0 Å². The van der Waals surface area contributed by atoms with Gasteiger partial charge in [0, 0.05) is 17.6 Å². The fourth-order valence-electron chi connectivity index (χ4n) is 4.32. The molecule has 0 aliphatic carbocycles. The average Bonchev–Trinajstić information content (AvgIpc) is 2.88.